The fourth-order valence-electron chi connectivity index (χ4n) is 1.49. The van der Waals surface area contributed by atoms with Gasteiger partial charge in [0.25, 0.3) is 0 Å². The first-order valence-electron chi connectivity index (χ1n) is 7.15. The van der Waals surface area contributed by atoms with E-state index in [-0.39, 0.29) is 5.04 Å². The largest absolute Gasteiger partial charge is 0.413 e. The Labute approximate surface area is 145 Å². The number of aromatic nitrogens is 2. The van der Waals surface area contributed by atoms with Gasteiger partial charge in [-0.3, -0.25) is 0 Å². The Hall–Kier alpha value is -0.763. The van der Waals surface area contributed by atoms with Crippen LogP contribution >= 0.6 is 27.3 Å². The molecule has 0 aromatic carbocycles. The molecule has 4 nitrogen and oxygen atoms in total. The smallest absolute Gasteiger partial charge is 0.192 e. The molecule has 0 saturated carbocycles. The molecule has 2 heterocycles. The third-order valence-corrected chi connectivity index (χ3v) is 9.81. The predicted molar refractivity (Wildman–Crippen MR) is 99.3 cm³/mol. The van der Waals surface area contributed by atoms with Gasteiger partial charge in [0.05, 0.1) is 16.6 Å². The van der Waals surface area contributed by atoms with Crippen LogP contribution < -0.4 is 5.32 Å². The Bertz CT molecular complexity index is 622. The van der Waals surface area contributed by atoms with Gasteiger partial charge in [0.2, 0.25) is 0 Å². The summed E-state index contributed by atoms with van der Waals surface area (Å²) in [6.07, 6.45) is 3.63. The lowest BCUT2D eigenvalue weighted by atomic mass is 10.2. The first-order valence-corrected chi connectivity index (χ1v) is 11.7. The number of pyridine rings is 1. The Kier molecular flexibility index (Phi) is 5.42. The molecular formula is C15H22BrN3OSSi. The van der Waals surface area contributed by atoms with Gasteiger partial charge in [0, 0.05) is 6.20 Å². The summed E-state index contributed by atoms with van der Waals surface area (Å²) in [5.74, 6) is 0.790. The zero-order valence-corrected chi connectivity index (χ0v) is 17.0. The molecule has 2 rings (SSSR count). The normalized spacial score (nSPS) is 12.5. The van der Waals surface area contributed by atoms with Gasteiger partial charge in [0.15, 0.2) is 13.4 Å². The van der Waals surface area contributed by atoms with E-state index in [2.05, 4.69) is 65.1 Å². The number of halogens is 1. The fraction of sp³-hybridized carbons (Fsp3) is 0.467. The lowest BCUT2D eigenvalue weighted by Crippen LogP contribution is -2.40. The average Bonchev–Trinajstić information content (AvgIpc) is 2.82. The molecule has 0 aliphatic rings. The van der Waals surface area contributed by atoms with E-state index >= 15 is 0 Å². The van der Waals surface area contributed by atoms with E-state index in [9.17, 15) is 0 Å². The van der Waals surface area contributed by atoms with E-state index in [0.717, 1.165) is 20.3 Å². The second-order valence-corrected chi connectivity index (χ2v) is 13.9. The molecule has 7 heteroatoms. The van der Waals surface area contributed by atoms with Crippen molar-refractivity contribution in [2.24, 2.45) is 0 Å². The lowest BCUT2D eigenvalue weighted by molar-refractivity contribution is 0.276. The summed E-state index contributed by atoms with van der Waals surface area (Å²) >= 11 is 4.93. The van der Waals surface area contributed by atoms with Crippen molar-refractivity contribution >= 4 is 46.5 Å². The van der Waals surface area contributed by atoms with Gasteiger partial charge in [-0.05, 0) is 45.7 Å². The van der Waals surface area contributed by atoms with E-state index in [1.165, 1.54) is 11.3 Å². The van der Waals surface area contributed by atoms with Crippen LogP contribution in [0.1, 0.15) is 26.3 Å². The quantitative estimate of drug-likeness (QED) is 0.667. The molecule has 1 N–H and O–H groups in total. The third kappa shape index (κ3) is 4.61. The minimum Gasteiger partial charge on any atom is -0.413 e. The SMILES string of the molecule is CC(C)(C)[Si](C)(C)OCc1ccc(Nc2ncc(Br)s2)nc1. The Balaban J connectivity index is 1.95. The third-order valence-electron chi connectivity index (χ3n) is 3.94. The van der Waals surface area contributed by atoms with Crippen molar-refractivity contribution in [1.29, 1.82) is 0 Å². The van der Waals surface area contributed by atoms with Crippen LogP contribution in [0.4, 0.5) is 10.9 Å². The Morgan fingerprint density at radius 3 is 2.45 bits per heavy atom. The maximum Gasteiger partial charge on any atom is 0.192 e. The van der Waals surface area contributed by atoms with Gasteiger partial charge < -0.3 is 9.74 Å². The maximum absolute atomic E-state index is 6.20. The Morgan fingerprint density at radius 2 is 1.95 bits per heavy atom. The maximum atomic E-state index is 6.20. The molecule has 0 aliphatic carbocycles. The van der Waals surface area contributed by atoms with Crippen LogP contribution in [-0.4, -0.2) is 18.3 Å². The molecule has 0 atom stereocenters. The van der Waals surface area contributed by atoms with Crippen LogP contribution in [0.2, 0.25) is 18.1 Å². The molecular weight excluding hydrogens is 378 g/mol. The van der Waals surface area contributed by atoms with Gasteiger partial charge in [-0.2, -0.15) is 0 Å². The van der Waals surface area contributed by atoms with Crippen LogP contribution in [0.5, 0.6) is 0 Å². The highest BCUT2D eigenvalue weighted by atomic mass is 79.9. The van der Waals surface area contributed by atoms with Crippen molar-refractivity contribution in [3.05, 3.63) is 33.9 Å². The fourth-order valence-corrected chi connectivity index (χ4v) is 3.56. The van der Waals surface area contributed by atoms with Crippen LogP contribution in [0, 0.1) is 0 Å². The van der Waals surface area contributed by atoms with Crippen LogP contribution in [0.25, 0.3) is 0 Å². The minimum absolute atomic E-state index is 0.222. The molecule has 2 aromatic heterocycles. The standard InChI is InChI=1S/C15H22BrN3OSSi/c1-15(2,3)22(4,5)20-10-11-6-7-13(17-8-11)19-14-18-9-12(16)21-14/h6-9H,10H2,1-5H3,(H,17,18,19). The highest BCUT2D eigenvalue weighted by molar-refractivity contribution is 9.11. The zero-order valence-electron chi connectivity index (χ0n) is 13.6. The topological polar surface area (TPSA) is 47.0 Å². The molecule has 0 spiro atoms. The van der Waals surface area contributed by atoms with Crippen molar-refractivity contribution < 1.29 is 4.43 Å². The van der Waals surface area contributed by atoms with Crippen molar-refractivity contribution in [3.63, 3.8) is 0 Å². The van der Waals surface area contributed by atoms with E-state index in [1.54, 1.807) is 6.20 Å². The number of anilines is 2. The number of nitrogens with zero attached hydrogens (tertiary/aromatic N) is 2. The molecule has 0 bridgehead atoms. The number of rotatable bonds is 5. The van der Waals surface area contributed by atoms with Crippen LogP contribution in [-0.2, 0) is 11.0 Å². The highest BCUT2D eigenvalue weighted by Crippen LogP contribution is 2.37. The highest BCUT2D eigenvalue weighted by Gasteiger charge is 2.36. The van der Waals surface area contributed by atoms with Crippen LogP contribution in [0.3, 0.4) is 0 Å². The summed E-state index contributed by atoms with van der Waals surface area (Å²) in [6.45, 7) is 11.9. The minimum atomic E-state index is -1.72. The monoisotopic (exact) mass is 399 g/mol. The van der Waals surface area contributed by atoms with Crippen molar-refractivity contribution in [1.82, 2.24) is 9.97 Å². The summed E-state index contributed by atoms with van der Waals surface area (Å²) in [5, 5.41) is 4.23. The molecule has 0 fully saturated rings. The van der Waals surface area contributed by atoms with Gasteiger partial charge in [-0.15, -0.1) is 0 Å². The summed E-state index contributed by atoms with van der Waals surface area (Å²) < 4.78 is 7.20. The van der Waals surface area contributed by atoms with E-state index in [0.29, 0.717) is 6.61 Å². The molecule has 0 aliphatic heterocycles. The summed E-state index contributed by atoms with van der Waals surface area (Å²) in [6, 6.07) is 4.00. The number of thiazole rings is 1. The molecule has 22 heavy (non-hydrogen) atoms. The molecule has 0 amide bonds. The van der Waals surface area contributed by atoms with Crippen molar-refractivity contribution in [3.8, 4) is 0 Å². The number of nitrogens with one attached hydrogen (secondary N) is 1. The summed E-state index contributed by atoms with van der Waals surface area (Å²) in [5.41, 5.74) is 1.09. The lowest BCUT2D eigenvalue weighted by Gasteiger charge is -2.36. The summed E-state index contributed by atoms with van der Waals surface area (Å²) in [4.78, 5) is 8.65. The van der Waals surface area contributed by atoms with Crippen LogP contribution in [0.15, 0.2) is 28.3 Å². The number of hydrogen-bond donors (Lipinski definition) is 1. The zero-order chi connectivity index (χ0) is 16.4. The van der Waals surface area contributed by atoms with Crippen molar-refractivity contribution in [2.75, 3.05) is 5.32 Å². The van der Waals surface area contributed by atoms with Crippen molar-refractivity contribution in [2.45, 2.75) is 45.5 Å². The Morgan fingerprint density at radius 1 is 1.23 bits per heavy atom. The molecule has 0 unspecified atom stereocenters. The second-order valence-electron chi connectivity index (χ2n) is 6.70. The van der Waals surface area contributed by atoms with E-state index < -0.39 is 8.32 Å². The van der Waals surface area contributed by atoms with Gasteiger partial charge in [0.1, 0.15) is 5.82 Å². The number of hydrogen-bond acceptors (Lipinski definition) is 5. The average molecular weight is 400 g/mol. The first-order chi connectivity index (χ1) is 10.2. The molecule has 2 aromatic rings. The van der Waals surface area contributed by atoms with E-state index in [1.807, 2.05) is 18.3 Å². The molecule has 0 saturated heterocycles. The molecule has 0 radical (unpaired) electrons. The van der Waals surface area contributed by atoms with Gasteiger partial charge >= 0.3 is 0 Å². The van der Waals surface area contributed by atoms with Gasteiger partial charge in [-0.1, -0.05) is 38.2 Å². The first kappa shape index (κ1) is 17.6. The van der Waals surface area contributed by atoms with E-state index in [4.69, 9.17) is 4.43 Å². The second kappa shape index (κ2) is 6.78. The van der Waals surface area contributed by atoms with Gasteiger partial charge in [-0.25, -0.2) is 9.97 Å². The summed E-state index contributed by atoms with van der Waals surface area (Å²) in [7, 11) is -1.72. The predicted octanol–water partition coefficient (Wildman–Crippen LogP) is 5.57. The molecule has 120 valence electrons.